The molecule has 0 saturated heterocycles. The van der Waals surface area contributed by atoms with Crippen molar-refractivity contribution in [3.63, 3.8) is 0 Å². The Labute approximate surface area is 286 Å². The number of rotatable bonds is 41. The molecule has 0 aliphatic heterocycles. The lowest BCUT2D eigenvalue weighted by Gasteiger charge is -2.09. The van der Waals surface area contributed by atoms with E-state index in [0.717, 1.165) is 12.8 Å². The van der Waals surface area contributed by atoms with Gasteiger partial charge in [0, 0.05) is 6.42 Å². The van der Waals surface area contributed by atoms with Crippen LogP contribution in [0.3, 0.4) is 0 Å². The van der Waals surface area contributed by atoms with Crippen LogP contribution in [0.1, 0.15) is 96.8 Å². The summed E-state index contributed by atoms with van der Waals surface area (Å²) < 4.78 is 48.4. The van der Waals surface area contributed by atoms with Crippen LogP contribution in [0.25, 0.3) is 0 Å². The van der Waals surface area contributed by atoms with Crippen LogP contribution in [0.4, 0.5) is 0 Å². The van der Waals surface area contributed by atoms with Crippen LogP contribution in [0.5, 0.6) is 0 Å². The second kappa shape index (κ2) is 42.9. The summed E-state index contributed by atoms with van der Waals surface area (Å²) in [6, 6.07) is 0. The largest absolute Gasteiger partial charge is 0.463 e. The van der Waals surface area contributed by atoms with Crippen molar-refractivity contribution in [3.05, 3.63) is 12.2 Å². The predicted molar refractivity (Wildman–Crippen MR) is 184 cm³/mol. The zero-order chi connectivity index (χ0) is 34.0. The van der Waals surface area contributed by atoms with Crippen molar-refractivity contribution >= 4 is 5.97 Å². The minimum absolute atomic E-state index is 0.0251. The molecule has 0 heterocycles. The van der Waals surface area contributed by atoms with Crippen LogP contribution >= 0.6 is 0 Å². The molecule has 0 unspecified atom stereocenters. The Kier molecular flexibility index (Phi) is 41.8. The lowest BCUT2D eigenvalue weighted by Crippen LogP contribution is -2.15. The number of allylic oxidation sites excluding steroid dienone is 2. The van der Waals surface area contributed by atoms with E-state index in [0.29, 0.717) is 112 Å². The molecule has 0 aliphatic carbocycles. The van der Waals surface area contributed by atoms with E-state index in [2.05, 4.69) is 19.1 Å². The normalized spacial score (nSPS) is 11.6. The summed E-state index contributed by atoms with van der Waals surface area (Å²) in [5.74, 6) is -0.141. The van der Waals surface area contributed by atoms with E-state index in [1.54, 1.807) is 0 Å². The van der Waals surface area contributed by atoms with Crippen LogP contribution in [0.15, 0.2) is 12.2 Å². The predicted octanol–water partition coefficient (Wildman–Crippen LogP) is 5.69. The molecule has 0 rings (SSSR count). The highest BCUT2D eigenvalue weighted by atomic mass is 16.6. The maximum Gasteiger partial charge on any atom is 0.305 e. The molecular weight excluding hydrogens is 608 g/mol. The first-order valence-corrected chi connectivity index (χ1v) is 18.3. The summed E-state index contributed by atoms with van der Waals surface area (Å²) in [5.41, 5.74) is 0. The van der Waals surface area contributed by atoms with Crippen LogP contribution < -0.4 is 0 Å². The third-order valence-corrected chi connectivity index (χ3v) is 6.97. The van der Waals surface area contributed by atoms with Gasteiger partial charge in [-0.15, -0.1) is 0 Å². The molecule has 0 radical (unpaired) electrons. The van der Waals surface area contributed by atoms with Gasteiger partial charge in [-0.05, 0) is 32.1 Å². The number of aliphatic hydroxyl groups is 1. The maximum atomic E-state index is 11.9. The molecule has 0 bridgehead atoms. The van der Waals surface area contributed by atoms with Gasteiger partial charge >= 0.3 is 5.97 Å². The van der Waals surface area contributed by atoms with Gasteiger partial charge in [0.25, 0.3) is 0 Å². The number of aliphatic hydroxyl groups excluding tert-OH is 1. The SMILES string of the molecule is CCCCCCCC/C=C\CCCCCCCC(=O)OCCOCCOCCOCCOCCOCCOCCOCCOCCO. The summed E-state index contributed by atoms with van der Waals surface area (Å²) in [7, 11) is 0. The van der Waals surface area contributed by atoms with E-state index in [1.165, 1.54) is 70.6 Å². The van der Waals surface area contributed by atoms with Crippen LogP contribution in [-0.2, 0) is 47.4 Å². The Morgan fingerprint density at radius 2 is 0.745 bits per heavy atom. The number of unbranched alkanes of at least 4 members (excludes halogenated alkanes) is 11. The molecule has 0 atom stereocenters. The van der Waals surface area contributed by atoms with Gasteiger partial charge in [-0.3, -0.25) is 4.79 Å². The number of carbonyl (C=O) groups is 1. The number of ether oxygens (including phenoxy) is 9. The van der Waals surface area contributed by atoms with Crippen LogP contribution in [0, 0.1) is 0 Å². The molecule has 0 aromatic heterocycles. The topological polar surface area (TPSA) is 120 Å². The first-order chi connectivity index (χ1) is 23.3. The van der Waals surface area contributed by atoms with Gasteiger partial charge in [0.15, 0.2) is 0 Å². The lowest BCUT2D eigenvalue weighted by molar-refractivity contribution is -0.145. The fourth-order valence-electron chi connectivity index (χ4n) is 4.33. The average molecular weight is 679 g/mol. The number of hydrogen-bond donors (Lipinski definition) is 1. The summed E-state index contributed by atoms with van der Waals surface area (Å²) in [6.45, 7) is 10.2. The second-order valence-corrected chi connectivity index (χ2v) is 11.2. The first kappa shape index (κ1) is 45.9. The van der Waals surface area contributed by atoms with E-state index < -0.39 is 0 Å². The Balaban J connectivity index is 3.16. The average Bonchev–Trinajstić information content (AvgIpc) is 3.08. The minimum atomic E-state index is -0.141. The number of hydrogen-bond acceptors (Lipinski definition) is 11. The van der Waals surface area contributed by atoms with Gasteiger partial charge < -0.3 is 47.7 Å². The summed E-state index contributed by atoms with van der Waals surface area (Å²) in [6.07, 6.45) is 21.3. The highest BCUT2D eigenvalue weighted by Crippen LogP contribution is 2.10. The van der Waals surface area contributed by atoms with Gasteiger partial charge in [0.05, 0.1) is 112 Å². The molecule has 1 N–H and O–H groups in total. The lowest BCUT2D eigenvalue weighted by atomic mass is 10.1. The Morgan fingerprint density at radius 3 is 1.13 bits per heavy atom. The molecule has 47 heavy (non-hydrogen) atoms. The Hall–Kier alpha value is -1.15. The van der Waals surface area contributed by atoms with Crippen molar-refractivity contribution in [1.82, 2.24) is 0 Å². The Bertz CT molecular complexity index is 622. The molecule has 11 heteroatoms. The van der Waals surface area contributed by atoms with Crippen LogP contribution in [-0.4, -0.2) is 130 Å². The number of esters is 1. The van der Waals surface area contributed by atoms with Crippen molar-refractivity contribution < 1.29 is 52.5 Å². The highest BCUT2D eigenvalue weighted by molar-refractivity contribution is 5.69. The van der Waals surface area contributed by atoms with Crippen molar-refractivity contribution in [2.75, 3.05) is 119 Å². The van der Waals surface area contributed by atoms with Crippen molar-refractivity contribution in [3.8, 4) is 0 Å². The second-order valence-electron chi connectivity index (χ2n) is 11.2. The Morgan fingerprint density at radius 1 is 0.426 bits per heavy atom. The zero-order valence-electron chi connectivity index (χ0n) is 29.8. The summed E-state index contributed by atoms with van der Waals surface area (Å²) >= 11 is 0. The quantitative estimate of drug-likeness (QED) is 0.0488. The van der Waals surface area contributed by atoms with Gasteiger partial charge in [-0.25, -0.2) is 0 Å². The van der Waals surface area contributed by atoms with E-state index >= 15 is 0 Å². The molecular formula is C36H70O11. The fourth-order valence-corrected chi connectivity index (χ4v) is 4.33. The monoisotopic (exact) mass is 678 g/mol. The molecule has 0 spiro atoms. The molecule has 280 valence electrons. The third kappa shape index (κ3) is 42.8. The van der Waals surface area contributed by atoms with Crippen molar-refractivity contribution in [1.29, 1.82) is 0 Å². The zero-order valence-corrected chi connectivity index (χ0v) is 29.8. The fraction of sp³-hybridized carbons (Fsp3) is 0.917. The van der Waals surface area contributed by atoms with E-state index in [1.807, 2.05) is 0 Å². The van der Waals surface area contributed by atoms with Gasteiger partial charge in [0.1, 0.15) is 6.61 Å². The molecule has 0 aliphatic rings. The molecule has 0 fully saturated rings. The molecule has 0 amide bonds. The van der Waals surface area contributed by atoms with Crippen molar-refractivity contribution in [2.24, 2.45) is 0 Å². The van der Waals surface area contributed by atoms with Crippen LogP contribution in [0.2, 0.25) is 0 Å². The smallest absolute Gasteiger partial charge is 0.305 e. The maximum absolute atomic E-state index is 11.9. The van der Waals surface area contributed by atoms with Gasteiger partial charge in [0.2, 0.25) is 0 Å². The molecule has 0 saturated carbocycles. The standard InChI is InChI=1S/C36H70O11/c1-2-3-4-5-6-7-8-9-10-11-12-13-14-15-16-17-36(38)47-35-34-46-33-32-45-31-30-44-29-28-43-27-26-42-25-24-41-23-22-40-21-20-39-19-18-37/h9-10,37H,2-8,11-35H2,1H3/b10-9-. The minimum Gasteiger partial charge on any atom is -0.463 e. The molecule has 0 aromatic carbocycles. The number of carbonyl (C=O) groups excluding carboxylic acids is 1. The van der Waals surface area contributed by atoms with E-state index in [4.69, 9.17) is 47.7 Å². The molecule has 0 aromatic rings. The third-order valence-electron chi connectivity index (χ3n) is 6.97. The van der Waals surface area contributed by atoms with E-state index in [9.17, 15) is 4.79 Å². The van der Waals surface area contributed by atoms with E-state index in [-0.39, 0.29) is 19.2 Å². The van der Waals surface area contributed by atoms with Crippen molar-refractivity contribution in [2.45, 2.75) is 96.8 Å². The molecule has 11 nitrogen and oxygen atoms in total. The van der Waals surface area contributed by atoms with Gasteiger partial charge in [-0.1, -0.05) is 70.4 Å². The summed E-state index contributed by atoms with van der Waals surface area (Å²) in [4.78, 5) is 11.9. The van der Waals surface area contributed by atoms with Gasteiger partial charge in [-0.2, -0.15) is 0 Å². The highest BCUT2D eigenvalue weighted by Gasteiger charge is 2.03. The first-order valence-electron chi connectivity index (χ1n) is 18.3. The summed E-state index contributed by atoms with van der Waals surface area (Å²) in [5, 5.41) is 8.58.